The topological polar surface area (TPSA) is 296 Å². The molecule has 3 unspecified atom stereocenters. The minimum Gasteiger partial charge on any atom is -1.00 e. The smallest absolute Gasteiger partial charge is 1.00 e. The first-order chi connectivity index (χ1) is 65.3. The number of phenols is 2. The Balaban J connectivity index is -0.000000171. The van der Waals surface area contributed by atoms with Crippen molar-refractivity contribution in [1.82, 2.24) is 14.7 Å². The van der Waals surface area contributed by atoms with Crippen LogP contribution in [0.2, 0.25) is 0 Å². The summed E-state index contributed by atoms with van der Waals surface area (Å²) in [7, 11) is 0. The van der Waals surface area contributed by atoms with Crippen LogP contribution in [0, 0.1) is 125 Å². The van der Waals surface area contributed by atoms with Gasteiger partial charge in [0.1, 0.15) is 11.5 Å². The van der Waals surface area contributed by atoms with E-state index in [0.717, 1.165) is 107 Å². The molecule has 0 bridgehead atoms. The first-order valence-electron chi connectivity index (χ1n) is 54.3. The Hall–Kier alpha value is -4.91. The van der Waals surface area contributed by atoms with Gasteiger partial charge in [-0.3, -0.25) is 24.1 Å². The van der Waals surface area contributed by atoms with Crippen LogP contribution in [0.25, 0.3) is 0 Å². The summed E-state index contributed by atoms with van der Waals surface area (Å²) in [5.41, 5.74) is 3.36. The Morgan fingerprint density at radius 1 is 0.497 bits per heavy atom. The molecule has 5 aliphatic heterocycles. The van der Waals surface area contributed by atoms with Gasteiger partial charge in [0.25, 0.3) is 0 Å². The van der Waals surface area contributed by atoms with Crippen molar-refractivity contribution in [2.45, 2.75) is 437 Å². The van der Waals surface area contributed by atoms with Crippen molar-refractivity contribution in [2.75, 3.05) is 104 Å². The summed E-state index contributed by atoms with van der Waals surface area (Å²) in [5.74, 6) is 5.35. The molecular formula is C119H228AlBrLiN5O16. The van der Waals surface area contributed by atoms with Crippen molar-refractivity contribution in [3.63, 3.8) is 0 Å². The summed E-state index contributed by atoms with van der Waals surface area (Å²) in [6.45, 7) is 100. The number of likely N-dealkylation sites (tertiary alicyclic amines) is 3. The molecule has 1 aromatic carbocycles. The first-order valence-corrected chi connectivity index (χ1v) is 55.4. The average molecular weight is 2100 g/mol. The molecule has 1 amide bonds. The van der Waals surface area contributed by atoms with E-state index in [1.54, 1.807) is 19.9 Å². The number of hydrogen-bond acceptors (Lipinski definition) is 19. The predicted octanol–water partition coefficient (Wildman–Crippen LogP) is 26.7. The molecule has 1 aliphatic carbocycles. The Labute approximate surface area is 913 Å². The fraction of sp³-hybridized carbons (Fsp3) is 0.832. The average Bonchev–Trinajstić information content (AvgIpc) is 0.768. The fourth-order valence-corrected chi connectivity index (χ4v) is 14.3. The molecule has 6 aliphatic rings. The number of carbonyl (C=O) groups excluding carboxylic acids is 5. The second kappa shape index (κ2) is 88.8. The van der Waals surface area contributed by atoms with Crippen LogP contribution in [-0.4, -0.2) is 198 Å². The van der Waals surface area contributed by atoms with Gasteiger partial charge in [0.15, 0.2) is 17.4 Å². The van der Waals surface area contributed by atoms with Crippen molar-refractivity contribution >= 4 is 69.0 Å². The number of aromatic hydroxyl groups is 2. The number of rotatable bonds is 35. The monoisotopic (exact) mass is 2100 g/mol. The van der Waals surface area contributed by atoms with Crippen LogP contribution in [0.1, 0.15) is 432 Å². The van der Waals surface area contributed by atoms with Gasteiger partial charge in [0.2, 0.25) is 5.91 Å². The van der Waals surface area contributed by atoms with E-state index in [4.69, 9.17) is 49.9 Å². The molecule has 1 saturated carbocycles. The molecule has 1 aromatic rings. The zero-order chi connectivity index (χ0) is 111. The Morgan fingerprint density at radius 3 is 1.15 bits per heavy atom. The van der Waals surface area contributed by atoms with Gasteiger partial charge in [0.05, 0.1) is 50.9 Å². The second-order valence-corrected chi connectivity index (χ2v) is 47.5. The molecule has 6 fully saturated rings. The number of piperidine rings is 3. The molecule has 21 nitrogen and oxygen atoms in total. The number of nitrogens with zero attached hydrogens (tertiary/aromatic N) is 5. The molecule has 0 aromatic heterocycles. The number of carbonyl (C=O) groups is 6. The molecule has 4 N–H and O–H groups in total. The molecule has 0 radical (unpaired) electrons. The van der Waals surface area contributed by atoms with Crippen LogP contribution in [-0.2, 0) is 57.2 Å². The fourth-order valence-electron chi connectivity index (χ4n) is 13.3. The number of aliphatic hydroxyl groups excluding tert-OH is 1. The molecule has 7 rings (SSSR count). The van der Waals surface area contributed by atoms with Crippen LogP contribution in [0.15, 0.2) is 60.8 Å². The maximum atomic E-state index is 12.3. The Bertz CT molecular complexity index is 3380. The van der Waals surface area contributed by atoms with Gasteiger partial charge >= 0.3 is 48.7 Å². The Kier molecular flexibility index (Phi) is 96.7. The third-order valence-corrected chi connectivity index (χ3v) is 30.5. The minimum absolute atomic E-state index is 0. The third-order valence-electron chi connectivity index (χ3n) is 30.1. The van der Waals surface area contributed by atoms with Crippen LogP contribution in [0.4, 0.5) is 0 Å². The van der Waals surface area contributed by atoms with E-state index >= 15 is 0 Å². The van der Waals surface area contributed by atoms with E-state index in [2.05, 4.69) is 287 Å². The van der Waals surface area contributed by atoms with Crippen molar-refractivity contribution in [3.8, 4) is 23.6 Å². The van der Waals surface area contributed by atoms with Crippen LogP contribution in [0.5, 0.6) is 11.5 Å². The number of carboxylic acids is 1. The number of aliphatic hydroxyl groups is 1. The summed E-state index contributed by atoms with van der Waals surface area (Å²) < 4.78 is 29.2. The van der Waals surface area contributed by atoms with Crippen LogP contribution in [0.3, 0.4) is 0 Å². The molecule has 143 heavy (non-hydrogen) atoms. The summed E-state index contributed by atoms with van der Waals surface area (Å²) in [4.78, 5) is 73.4. The van der Waals surface area contributed by atoms with Crippen LogP contribution >= 0.6 is 15.9 Å². The SMILES string of the molecule is C1CCOC1.C1CCOC1.C=CC(=O)OCC.CC#N.CC(C)C(C)(C)C/C=C/N1CCCCC1.CC(C)C(C)(C)CCBr.CC(C)C(C)(C)CCC#N.CC(C)C(C)(C)CCC(=O)N1CCCCC1.CC(C)C(C)(C)CCC(=O)O.CC(C)C(C)(C)CCO.CCOC(=O)C1CC(CC(C)(C)C(C)C)C1N1CCCCC1.CCOC(=O)C=C(C)C.CCOC(=O)CC(C)(C)C(C)C.Oc1ccc(O)cc1.[AlH3].[H-].[Li+]. The number of halogens is 1. The molecule has 5 heterocycles. The number of ether oxygens (including phenoxy) is 6. The summed E-state index contributed by atoms with van der Waals surface area (Å²) in [5, 5.41) is 51.2. The number of allylic oxidation sites excluding steroid dienone is 2. The summed E-state index contributed by atoms with van der Waals surface area (Å²) >= 11 is 3.45. The van der Waals surface area contributed by atoms with E-state index in [1.165, 1.54) is 166 Å². The molecule has 836 valence electrons. The van der Waals surface area contributed by atoms with E-state index in [1.807, 2.05) is 27.7 Å². The number of aliphatic carboxylic acids is 1. The zero-order valence-electron chi connectivity index (χ0n) is 100. The van der Waals surface area contributed by atoms with Gasteiger partial charge in [-0.1, -0.05) is 262 Å². The summed E-state index contributed by atoms with van der Waals surface area (Å²) in [6.07, 6.45) is 34.8. The van der Waals surface area contributed by atoms with E-state index in [0.29, 0.717) is 126 Å². The number of esters is 4. The van der Waals surface area contributed by atoms with Gasteiger partial charge in [-0.15, -0.1) is 0 Å². The molecular weight excluding hydrogens is 1870 g/mol. The van der Waals surface area contributed by atoms with Gasteiger partial charge < -0.3 is 60.1 Å². The van der Waals surface area contributed by atoms with Gasteiger partial charge in [-0.2, -0.15) is 10.5 Å². The number of carboxylic acid groups (broad SMARTS) is 1. The Morgan fingerprint density at radius 2 is 0.846 bits per heavy atom. The number of amides is 1. The second-order valence-electron chi connectivity index (χ2n) is 46.7. The van der Waals surface area contributed by atoms with Crippen molar-refractivity contribution in [3.05, 3.63) is 60.8 Å². The van der Waals surface area contributed by atoms with Crippen molar-refractivity contribution < 1.29 is 97.9 Å². The molecule has 24 heteroatoms. The van der Waals surface area contributed by atoms with Crippen LogP contribution < -0.4 is 18.9 Å². The van der Waals surface area contributed by atoms with Crippen molar-refractivity contribution in [1.29, 1.82) is 10.5 Å². The summed E-state index contributed by atoms with van der Waals surface area (Å²) in [6, 6.07) is 10.1. The number of hydrogen-bond donors (Lipinski definition) is 4. The predicted molar refractivity (Wildman–Crippen MR) is 608 cm³/mol. The van der Waals surface area contributed by atoms with Gasteiger partial charge in [0, 0.05) is 109 Å². The first kappa shape index (κ1) is 156. The number of nitriles is 2. The third kappa shape index (κ3) is 85.5. The van der Waals surface area contributed by atoms with Gasteiger partial charge in [-0.25, -0.2) is 9.59 Å². The van der Waals surface area contributed by atoms with Crippen molar-refractivity contribution in [2.24, 2.45) is 102 Å². The largest absolute Gasteiger partial charge is 1.00 e. The standard InChI is InChI=1S/C19H35NO2.C14H27NO.C14H27N.C10H20O2.C9H17N.C9H18O2.C8H17Br.C8H18O.C7H12O2.C6H6O2.C5H8O2.2C4H8O.C2H3N.Al.Li.4H/c1-6-22-18(21)16-12-15(13-19(4,5)14(2)3)17(16)20-10-8-7-9-11-20;1-12(2)14(3,4)9-8-13(16)15-10-6-5-7-11-15;1-13(2)14(3,4)9-8-12-15-10-6-5-7-11-15;1-6-12-9(11)7-10(4,5)8(2)3;1-8(2)9(3,4)6-5-7-10;1-7(2)9(3,4)6-5-8(10)11;2*1-7(2)8(3,4)5-6-9;1-4-9-7(8)5-6(2)3;7-5-1-2-6(8)4-3-5;1-3-5(6)7-4-2;2*1-2-4-5-3-1;1-2-3;;;;;;/h14-17H,6-13H2,1-5H3;12H,5-11H2,1-4H3;8,12-13H,5-7,9-11H2,1-4H3;8H,6-7H2,1-5H3;8H,5-6H2,1-4H3;7H,5-6H2,1-4H3,(H,10,11);7H,5-6H2,1-4H3;7,9H,5-6H2,1-4H3;5H,4H2,1-3H3;1-4,7-8H;3H,1,4H2,2H3;2*1-4H2;1H3;;;;;;/q;;;;;;;;;;;;;;;+1;;;;-1/b;;12-8+;;;;;;;;;;;;;;;;;. The van der Waals surface area contributed by atoms with Gasteiger partial charge in [-0.05, 0) is 310 Å². The minimum atomic E-state index is -0.696. The number of benzene rings is 1. The van der Waals surface area contributed by atoms with E-state index < -0.39 is 5.97 Å². The molecule has 5 saturated heterocycles. The zero-order valence-corrected chi connectivity index (χ0v) is 101. The number of alkyl halides is 1. The maximum absolute atomic E-state index is 12.3. The normalized spacial score (nSPS) is 16.1. The number of phenolic OH excluding ortho intramolecular Hbond substituents is 2. The quantitative estimate of drug-likeness (QED) is 0.0123. The maximum Gasteiger partial charge on any atom is 1.00 e. The molecule has 0 spiro atoms. The molecule has 3 atom stereocenters. The van der Waals surface area contributed by atoms with E-state index in [9.17, 15) is 28.8 Å². The van der Waals surface area contributed by atoms with E-state index in [-0.39, 0.29) is 102 Å².